The van der Waals surface area contributed by atoms with Crippen molar-refractivity contribution in [2.45, 2.75) is 6.92 Å². The average Bonchev–Trinajstić information content (AvgIpc) is 2.49. The van der Waals surface area contributed by atoms with E-state index in [0.29, 0.717) is 5.82 Å². The number of nitrogen functional groups attached to an aromatic ring is 1. The molecule has 0 atom stereocenters. The summed E-state index contributed by atoms with van der Waals surface area (Å²) in [5.74, 6) is 1.24. The summed E-state index contributed by atoms with van der Waals surface area (Å²) < 4.78 is 1.63. The summed E-state index contributed by atoms with van der Waals surface area (Å²) in [5.41, 5.74) is 6.55. The van der Waals surface area contributed by atoms with Gasteiger partial charge in [-0.25, -0.2) is 14.6 Å². The van der Waals surface area contributed by atoms with Gasteiger partial charge >= 0.3 is 0 Å². The van der Waals surface area contributed by atoms with Crippen LogP contribution in [0.4, 0.5) is 5.82 Å². The highest BCUT2D eigenvalue weighted by Gasteiger charge is 2.02. The third kappa shape index (κ3) is 1.35. The quantitative estimate of drug-likeness (QED) is 0.687. The van der Waals surface area contributed by atoms with E-state index < -0.39 is 0 Å². The smallest absolute Gasteiger partial charge is 0.156 e. The summed E-state index contributed by atoms with van der Waals surface area (Å²) in [7, 11) is 0. The van der Waals surface area contributed by atoms with E-state index in [2.05, 4.69) is 15.1 Å². The summed E-state index contributed by atoms with van der Waals surface area (Å²) in [4.78, 5) is 7.85. The lowest BCUT2D eigenvalue weighted by Gasteiger charge is -1.96. The minimum Gasteiger partial charge on any atom is -0.382 e. The van der Waals surface area contributed by atoms with E-state index in [1.54, 1.807) is 16.9 Å². The molecule has 0 aliphatic heterocycles. The van der Waals surface area contributed by atoms with Crippen molar-refractivity contribution in [1.82, 2.24) is 19.7 Å². The molecule has 2 aromatic heterocycles. The van der Waals surface area contributed by atoms with Crippen molar-refractivity contribution in [2.75, 3.05) is 5.73 Å². The molecule has 0 bridgehead atoms. The first kappa shape index (κ1) is 7.72. The third-order valence-electron chi connectivity index (χ3n) is 1.74. The summed E-state index contributed by atoms with van der Waals surface area (Å²) in [5, 5.41) is 4.08. The first-order valence-corrected chi connectivity index (χ1v) is 3.85. The molecule has 2 heterocycles. The molecule has 5 nitrogen and oxygen atoms in total. The molecule has 0 radical (unpaired) electrons. The maximum Gasteiger partial charge on any atom is 0.156 e. The fourth-order valence-corrected chi connectivity index (χ4v) is 1.01. The van der Waals surface area contributed by atoms with Gasteiger partial charge in [-0.1, -0.05) is 0 Å². The molecular weight excluding hydrogens is 166 g/mol. The van der Waals surface area contributed by atoms with Crippen LogP contribution in [0.25, 0.3) is 5.82 Å². The lowest BCUT2D eigenvalue weighted by molar-refractivity contribution is 0.843. The molecule has 0 spiro atoms. The zero-order valence-corrected chi connectivity index (χ0v) is 7.18. The first-order chi connectivity index (χ1) is 6.27. The highest BCUT2D eigenvalue weighted by molar-refractivity contribution is 5.38. The molecule has 0 aromatic carbocycles. The standard InChI is InChI=1S/C8H9N5/c1-6-4-13(12-8(6)9)7-2-3-10-5-11-7/h2-5H,1H3,(H2,9,12). The molecule has 0 amide bonds. The highest BCUT2D eigenvalue weighted by Crippen LogP contribution is 2.09. The Morgan fingerprint density at radius 2 is 2.31 bits per heavy atom. The minimum atomic E-state index is 0.526. The van der Waals surface area contributed by atoms with Gasteiger partial charge in [0.05, 0.1) is 0 Å². The van der Waals surface area contributed by atoms with Crippen LogP contribution in [0.5, 0.6) is 0 Å². The fraction of sp³-hybridized carbons (Fsp3) is 0.125. The second kappa shape index (κ2) is 2.85. The van der Waals surface area contributed by atoms with Crippen LogP contribution < -0.4 is 5.73 Å². The van der Waals surface area contributed by atoms with E-state index >= 15 is 0 Å². The lowest BCUT2D eigenvalue weighted by Crippen LogP contribution is -1.98. The van der Waals surface area contributed by atoms with Gasteiger partial charge in [0.25, 0.3) is 0 Å². The van der Waals surface area contributed by atoms with Gasteiger partial charge in [-0.05, 0) is 6.92 Å². The molecule has 0 saturated carbocycles. The highest BCUT2D eigenvalue weighted by atomic mass is 15.3. The monoisotopic (exact) mass is 175 g/mol. The molecule has 2 rings (SSSR count). The molecule has 13 heavy (non-hydrogen) atoms. The summed E-state index contributed by atoms with van der Waals surface area (Å²) in [6.07, 6.45) is 4.97. The summed E-state index contributed by atoms with van der Waals surface area (Å²) >= 11 is 0. The molecule has 5 heteroatoms. The van der Waals surface area contributed by atoms with Crippen LogP contribution >= 0.6 is 0 Å². The number of nitrogens with zero attached hydrogens (tertiary/aromatic N) is 4. The molecule has 0 fully saturated rings. The van der Waals surface area contributed by atoms with Gasteiger partial charge in [0.1, 0.15) is 12.1 Å². The predicted molar refractivity (Wildman–Crippen MR) is 48.3 cm³/mol. The van der Waals surface area contributed by atoms with Crippen molar-refractivity contribution in [3.63, 3.8) is 0 Å². The van der Waals surface area contributed by atoms with Crippen LogP contribution in [0, 0.1) is 6.92 Å². The van der Waals surface area contributed by atoms with Gasteiger partial charge in [0, 0.05) is 24.0 Å². The number of anilines is 1. The van der Waals surface area contributed by atoms with E-state index in [-0.39, 0.29) is 0 Å². The van der Waals surface area contributed by atoms with Crippen LogP contribution in [0.3, 0.4) is 0 Å². The minimum absolute atomic E-state index is 0.526. The van der Waals surface area contributed by atoms with Gasteiger partial charge in [-0.3, -0.25) is 0 Å². The van der Waals surface area contributed by atoms with Crippen molar-refractivity contribution in [2.24, 2.45) is 0 Å². The Bertz CT molecular complexity index is 386. The normalized spacial score (nSPS) is 10.2. The van der Waals surface area contributed by atoms with Gasteiger partial charge < -0.3 is 5.73 Å². The molecular formula is C8H9N5. The second-order valence-corrected chi connectivity index (χ2v) is 2.71. The van der Waals surface area contributed by atoms with E-state index in [0.717, 1.165) is 11.4 Å². The Kier molecular flexibility index (Phi) is 1.70. The number of aryl methyl sites for hydroxylation is 1. The molecule has 2 aromatic rings. The molecule has 0 saturated heterocycles. The number of nitrogens with two attached hydrogens (primary N) is 1. The Morgan fingerprint density at radius 3 is 2.85 bits per heavy atom. The Balaban J connectivity index is 2.48. The van der Waals surface area contributed by atoms with Gasteiger partial charge in [-0.15, -0.1) is 5.10 Å². The Morgan fingerprint density at radius 1 is 1.46 bits per heavy atom. The second-order valence-electron chi connectivity index (χ2n) is 2.71. The van der Waals surface area contributed by atoms with Crippen molar-refractivity contribution < 1.29 is 0 Å². The maximum atomic E-state index is 5.60. The van der Waals surface area contributed by atoms with Gasteiger partial charge in [-0.2, -0.15) is 0 Å². The largest absolute Gasteiger partial charge is 0.382 e. The zero-order chi connectivity index (χ0) is 9.26. The predicted octanol–water partition coefficient (Wildman–Crippen LogP) is 0.553. The summed E-state index contributed by atoms with van der Waals surface area (Å²) in [6.45, 7) is 1.90. The Hall–Kier alpha value is -1.91. The van der Waals surface area contributed by atoms with Gasteiger partial charge in [0.2, 0.25) is 0 Å². The molecule has 0 aliphatic rings. The number of hydrogen-bond acceptors (Lipinski definition) is 4. The van der Waals surface area contributed by atoms with Crippen molar-refractivity contribution >= 4 is 5.82 Å². The van der Waals surface area contributed by atoms with Crippen LogP contribution in [0.15, 0.2) is 24.8 Å². The average molecular weight is 175 g/mol. The Labute approximate surface area is 75.2 Å². The van der Waals surface area contributed by atoms with E-state index in [4.69, 9.17) is 5.73 Å². The van der Waals surface area contributed by atoms with Crippen LogP contribution in [-0.4, -0.2) is 19.7 Å². The van der Waals surface area contributed by atoms with Crippen LogP contribution in [0.1, 0.15) is 5.56 Å². The maximum absolute atomic E-state index is 5.60. The topological polar surface area (TPSA) is 69.6 Å². The zero-order valence-electron chi connectivity index (χ0n) is 7.18. The van der Waals surface area contributed by atoms with Gasteiger partial charge in [0.15, 0.2) is 5.82 Å². The van der Waals surface area contributed by atoms with Crippen molar-refractivity contribution in [3.8, 4) is 5.82 Å². The van der Waals surface area contributed by atoms with E-state index in [1.165, 1.54) is 6.33 Å². The fourth-order valence-electron chi connectivity index (χ4n) is 1.01. The first-order valence-electron chi connectivity index (χ1n) is 3.85. The molecule has 0 aliphatic carbocycles. The summed E-state index contributed by atoms with van der Waals surface area (Å²) in [6, 6.07) is 1.77. The van der Waals surface area contributed by atoms with Crippen LogP contribution in [-0.2, 0) is 0 Å². The third-order valence-corrected chi connectivity index (χ3v) is 1.74. The molecule has 2 N–H and O–H groups in total. The van der Waals surface area contributed by atoms with E-state index in [9.17, 15) is 0 Å². The number of hydrogen-bond donors (Lipinski definition) is 1. The molecule has 0 unspecified atom stereocenters. The van der Waals surface area contributed by atoms with E-state index in [1.807, 2.05) is 13.1 Å². The van der Waals surface area contributed by atoms with Crippen molar-refractivity contribution in [1.29, 1.82) is 0 Å². The van der Waals surface area contributed by atoms with Crippen molar-refractivity contribution in [3.05, 3.63) is 30.4 Å². The SMILES string of the molecule is Cc1cn(-c2ccncn2)nc1N. The number of aromatic nitrogens is 4. The number of rotatable bonds is 1. The lowest BCUT2D eigenvalue weighted by atomic mass is 10.4. The van der Waals surface area contributed by atoms with Crippen LogP contribution in [0.2, 0.25) is 0 Å². The molecule has 66 valence electrons.